The largest absolute Gasteiger partial charge is 0.0616 e. The molecule has 13 aromatic rings. The molecule has 0 spiro atoms. The molecule has 0 amide bonds. The van der Waals surface area contributed by atoms with Crippen molar-refractivity contribution in [2.24, 2.45) is 0 Å². The van der Waals surface area contributed by atoms with Gasteiger partial charge in [0.15, 0.2) is 0 Å². The van der Waals surface area contributed by atoms with Crippen molar-refractivity contribution in [3.05, 3.63) is 264 Å². The highest BCUT2D eigenvalue weighted by Crippen LogP contribution is 2.54. The molecule has 0 aromatic heterocycles. The highest BCUT2D eigenvalue weighted by molar-refractivity contribution is 6.25. The van der Waals surface area contributed by atoms with Crippen LogP contribution in [0.25, 0.3) is 132 Å². The Morgan fingerprint density at radius 3 is 1.06 bits per heavy atom. The van der Waals surface area contributed by atoms with Crippen molar-refractivity contribution in [3.63, 3.8) is 0 Å². The summed E-state index contributed by atoms with van der Waals surface area (Å²) in [6.45, 7) is 16.5. The highest BCUT2D eigenvalue weighted by atomic mass is 14.4. The van der Waals surface area contributed by atoms with Gasteiger partial charge in [0.2, 0.25) is 0 Å². The smallest absolute Gasteiger partial charge is 0.0159 e. The molecule has 0 heteroatoms. The molecule has 0 radical (unpaired) electrons. The molecule has 15 rings (SSSR count). The summed E-state index contributed by atoms with van der Waals surface area (Å²) in [6, 6.07) is 89.9. The van der Waals surface area contributed by atoms with Crippen molar-refractivity contribution in [2.75, 3.05) is 0 Å². The molecule has 13 aromatic carbocycles. The first kappa shape index (κ1) is 46.5. The molecule has 0 fully saturated rings. The lowest BCUT2D eigenvalue weighted by atomic mass is 9.79. The van der Waals surface area contributed by atoms with E-state index in [0.29, 0.717) is 0 Å². The van der Waals surface area contributed by atoms with E-state index in [0.717, 1.165) is 0 Å². The van der Waals surface area contributed by atoms with Gasteiger partial charge in [-0.2, -0.15) is 0 Å². The van der Waals surface area contributed by atoms with Crippen molar-refractivity contribution < 1.29 is 0 Å². The van der Waals surface area contributed by atoms with E-state index in [1.165, 1.54) is 160 Å². The predicted octanol–water partition coefficient (Wildman–Crippen LogP) is 21.6. The lowest BCUT2D eigenvalue weighted by Gasteiger charge is -2.24. The zero-order chi connectivity index (χ0) is 52.8. The molecule has 0 nitrogen and oxygen atoms in total. The second-order valence-corrected chi connectivity index (χ2v) is 24.5. The molecule has 0 bridgehead atoms. The minimum Gasteiger partial charge on any atom is -0.0616 e. The van der Waals surface area contributed by atoms with Crippen LogP contribution in [0.2, 0.25) is 0 Å². The van der Waals surface area contributed by atoms with Crippen LogP contribution in [0.3, 0.4) is 0 Å². The normalized spacial score (nSPS) is 14.0. The first-order chi connectivity index (χ1) is 37.8. The predicted molar refractivity (Wildman–Crippen MR) is 334 cm³/mol. The van der Waals surface area contributed by atoms with Crippen LogP contribution < -0.4 is 0 Å². The molecule has 0 N–H and O–H groups in total. The van der Waals surface area contributed by atoms with Crippen LogP contribution in [0.5, 0.6) is 0 Å². The summed E-state index contributed by atoms with van der Waals surface area (Å²) in [5, 5.41) is 10.6. The van der Waals surface area contributed by atoms with E-state index in [9.17, 15) is 0 Å². The molecule has 0 saturated heterocycles. The van der Waals surface area contributed by atoms with E-state index in [4.69, 9.17) is 0 Å². The topological polar surface area (TPSA) is 0 Å². The third kappa shape index (κ3) is 7.12. The Morgan fingerprint density at radius 1 is 0.244 bits per heavy atom. The monoisotopic (exact) mass is 996 g/mol. The van der Waals surface area contributed by atoms with Gasteiger partial charge in [-0.05, 0) is 190 Å². The number of hydrogen-bond acceptors (Lipinski definition) is 0. The van der Waals surface area contributed by atoms with Gasteiger partial charge in [-0.25, -0.2) is 0 Å². The fourth-order valence-electron chi connectivity index (χ4n) is 13.7. The Labute approximate surface area is 458 Å². The number of benzene rings is 13. The van der Waals surface area contributed by atoms with Crippen LogP contribution in [0.4, 0.5) is 0 Å². The summed E-state index contributed by atoms with van der Waals surface area (Å²) in [7, 11) is 0. The van der Waals surface area contributed by atoms with Gasteiger partial charge in [0.05, 0.1) is 0 Å². The van der Waals surface area contributed by atoms with E-state index in [1.807, 2.05) is 0 Å². The minimum absolute atomic E-state index is 0.0930. The fourth-order valence-corrected chi connectivity index (χ4v) is 13.7. The van der Waals surface area contributed by atoms with E-state index in [2.05, 4.69) is 285 Å². The minimum atomic E-state index is -0.157. The standard InChI is InChI=1S/C78H60/c1-76(2,3)61-41-59-28-27-54-29-35-64(69-40-34-60(42-61)74(59)75(54)69)53-25-21-50(22-26-53)56-31-37-66-68-39-33-58(46-73(68)78(6,7)71(66)44-56)57-32-38-67-65-36-30-55(43-70(65)77(4,5)72(67)45-57)49-17-15-47(16-18-49)48-19-23-52(24-20-48)63-14-10-12-51-11-8-9-13-62(51)63/h8-46H,1-7H3. The van der Waals surface area contributed by atoms with Gasteiger partial charge in [0.25, 0.3) is 0 Å². The van der Waals surface area contributed by atoms with Crippen molar-refractivity contribution >= 4 is 43.1 Å². The first-order valence-electron chi connectivity index (χ1n) is 27.9. The Hall–Kier alpha value is -8.84. The summed E-state index contributed by atoms with van der Waals surface area (Å²) >= 11 is 0. The van der Waals surface area contributed by atoms with Gasteiger partial charge in [-0.1, -0.05) is 261 Å². The van der Waals surface area contributed by atoms with E-state index in [-0.39, 0.29) is 16.2 Å². The van der Waals surface area contributed by atoms with E-state index in [1.54, 1.807) is 0 Å². The van der Waals surface area contributed by atoms with Crippen LogP contribution in [-0.4, -0.2) is 0 Å². The Bertz CT molecular complexity index is 4570. The Kier molecular flexibility index (Phi) is 10.0. The molecule has 372 valence electrons. The second-order valence-electron chi connectivity index (χ2n) is 24.5. The fraction of sp³-hybridized carbons (Fsp3) is 0.128. The van der Waals surface area contributed by atoms with Crippen LogP contribution in [0.1, 0.15) is 76.3 Å². The summed E-state index contributed by atoms with van der Waals surface area (Å²) in [5.41, 5.74) is 27.1. The first-order valence-corrected chi connectivity index (χ1v) is 27.9. The van der Waals surface area contributed by atoms with Gasteiger partial charge in [0.1, 0.15) is 0 Å². The summed E-state index contributed by atoms with van der Waals surface area (Å²) in [6.07, 6.45) is 0. The second kappa shape index (κ2) is 16.8. The maximum atomic E-state index is 2.47. The maximum absolute atomic E-state index is 2.47. The van der Waals surface area contributed by atoms with Crippen molar-refractivity contribution in [1.82, 2.24) is 0 Å². The molecule has 2 aliphatic carbocycles. The van der Waals surface area contributed by atoms with Gasteiger partial charge in [-0.15, -0.1) is 0 Å². The van der Waals surface area contributed by atoms with Crippen LogP contribution >= 0.6 is 0 Å². The van der Waals surface area contributed by atoms with Gasteiger partial charge < -0.3 is 0 Å². The molecule has 0 aliphatic heterocycles. The van der Waals surface area contributed by atoms with Crippen LogP contribution in [-0.2, 0) is 16.2 Å². The van der Waals surface area contributed by atoms with Crippen molar-refractivity contribution in [3.8, 4) is 89.0 Å². The molecular formula is C78H60. The third-order valence-electron chi connectivity index (χ3n) is 18.2. The molecular weight excluding hydrogens is 937 g/mol. The van der Waals surface area contributed by atoms with Crippen molar-refractivity contribution in [1.29, 1.82) is 0 Å². The quantitative estimate of drug-likeness (QED) is 0.146. The van der Waals surface area contributed by atoms with Gasteiger partial charge >= 0.3 is 0 Å². The Balaban J connectivity index is 0.677. The molecule has 0 atom stereocenters. The molecule has 0 unspecified atom stereocenters. The summed E-state index contributed by atoms with van der Waals surface area (Å²) < 4.78 is 0. The molecule has 0 saturated carbocycles. The molecule has 78 heavy (non-hydrogen) atoms. The number of rotatable bonds is 6. The Morgan fingerprint density at radius 2 is 0.590 bits per heavy atom. The lowest BCUT2D eigenvalue weighted by molar-refractivity contribution is 0.591. The number of fused-ring (bicyclic) bond motifs is 7. The van der Waals surface area contributed by atoms with Gasteiger partial charge in [-0.3, -0.25) is 0 Å². The summed E-state index contributed by atoms with van der Waals surface area (Å²) in [5.74, 6) is 0. The average molecular weight is 997 g/mol. The third-order valence-corrected chi connectivity index (χ3v) is 18.2. The van der Waals surface area contributed by atoms with E-state index < -0.39 is 0 Å². The average Bonchev–Trinajstić information content (AvgIpc) is 4.05. The zero-order valence-corrected chi connectivity index (χ0v) is 45.5. The highest BCUT2D eigenvalue weighted by Gasteiger charge is 2.38. The van der Waals surface area contributed by atoms with E-state index >= 15 is 0 Å². The molecule has 0 heterocycles. The number of hydrogen-bond donors (Lipinski definition) is 0. The van der Waals surface area contributed by atoms with Crippen LogP contribution in [0.15, 0.2) is 237 Å². The maximum Gasteiger partial charge on any atom is 0.0159 e. The lowest BCUT2D eigenvalue weighted by Crippen LogP contribution is -2.15. The molecule has 2 aliphatic rings. The van der Waals surface area contributed by atoms with Crippen molar-refractivity contribution in [2.45, 2.75) is 64.7 Å². The summed E-state index contributed by atoms with van der Waals surface area (Å²) in [4.78, 5) is 0. The SMILES string of the molecule is CC(C)(C)c1cc2ccc3ccc(-c4ccc(-c5ccc6c(c5)C(C)(C)c5cc(-c7ccc8c(c7)C(C)(C)c7cc(-c9ccc(-c%10ccc(-c%11cccc%12ccccc%11%12)cc%10)cc9)ccc7-8)ccc5-6)cc4)c4ccc(c1)c2c34. The zero-order valence-electron chi connectivity index (χ0n) is 45.5. The van der Waals surface area contributed by atoms with Crippen LogP contribution in [0, 0.1) is 0 Å². The van der Waals surface area contributed by atoms with Gasteiger partial charge in [0, 0.05) is 10.8 Å².